The average molecular weight is 420 g/mol. The van der Waals surface area contributed by atoms with Crippen molar-refractivity contribution in [3.63, 3.8) is 0 Å². The molecule has 0 aliphatic heterocycles. The third kappa shape index (κ3) is 4.27. The summed E-state index contributed by atoms with van der Waals surface area (Å²) in [5.41, 5.74) is 0.625. The predicted octanol–water partition coefficient (Wildman–Crippen LogP) is 2.98. The van der Waals surface area contributed by atoms with Crippen LogP contribution in [0.15, 0.2) is 69.7 Å². The molecule has 3 rings (SSSR count). The number of phenolic OH excluding ortho intramolecular Hbond substituents is 1. The largest absolute Gasteiger partial charge is 0.506 e. The van der Waals surface area contributed by atoms with Gasteiger partial charge in [0.05, 0.1) is 23.3 Å². The van der Waals surface area contributed by atoms with E-state index in [-0.39, 0.29) is 22.1 Å². The van der Waals surface area contributed by atoms with Gasteiger partial charge in [-0.05, 0) is 24.3 Å². The van der Waals surface area contributed by atoms with E-state index in [2.05, 4.69) is 15.0 Å². The number of sulfonamides is 2. The molecule has 0 amide bonds. The highest BCUT2D eigenvalue weighted by Gasteiger charge is 2.21. The van der Waals surface area contributed by atoms with E-state index in [0.29, 0.717) is 5.69 Å². The second-order valence-corrected chi connectivity index (χ2v) is 9.20. The molecule has 0 atom stereocenters. The van der Waals surface area contributed by atoms with Crippen LogP contribution in [0.4, 0.5) is 17.1 Å². The molecule has 0 spiro atoms. The lowest BCUT2D eigenvalue weighted by molar-refractivity contribution is 0.465. The maximum Gasteiger partial charge on any atom is 0.241 e. The molecule has 0 saturated heterocycles. The molecule has 11 heteroatoms. The molecule has 3 aromatic carbocycles. The van der Waals surface area contributed by atoms with Gasteiger partial charge in [-0.25, -0.2) is 22.0 Å². The molecule has 4 N–H and O–H groups in total. The number of aromatic hydroxyl groups is 1. The number of nitrogens with zero attached hydrogens (tertiary/aromatic N) is 2. The van der Waals surface area contributed by atoms with Crippen molar-refractivity contribution >= 4 is 47.9 Å². The van der Waals surface area contributed by atoms with Crippen LogP contribution >= 0.6 is 0 Å². The molecule has 0 aromatic heterocycles. The van der Waals surface area contributed by atoms with Crippen molar-refractivity contribution in [2.75, 3.05) is 11.0 Å². The van der Waals surface area contributed by atoms with Crippen LogP contribution in [0.2, 0.25) is 0 Å². The number of hydrogen-bond acceptors (Lipinski definition) is 7. The summed E-state index contributed by atoms with van der Waals surface area (Å²) >= 11 is 0. The summed E-state index contributed by atoms with van der Waals surface area (Å²) in [5, 5.41) is 24.0. The van der Waals surface area contributed by atoms with Gasteiger partial charge in [0.25, 0.3) is 0 Å². The summed E-state index contributed by atoms with van der Waals surface area (Å²) in [5.74, 6) is -0.603. The van der Waals surface area contributed by atoms with Crippen LogP contribution in [-0.2, 0) is 20.0 Å². The number of benzene rings is 3. The van der Waals surface area contributed by atoms with E-state index in [9.17, 15) is 21.9 Å². The second-order valence-electron chi connectivity index (χ2n) is 5.93. The van der Waals surface area contributed by atoms with E-state index in [4.69, 9.17) is 5.14 Å². The third-order valence-electron chi connectivity index (χ3n) is 3.71. The van der Waals surface area contributed by atoms with Crippen LogP contribution in [0, 0.1) is 0 Å². The van der Waals surface area contributed by atoms with Crippen LogP contribution in [-0.4, -0.2) is 28.2 Å². The number of nitrogens with two attached hydrogens (primary N) is 1. The first-order chi connectivity index (χ1) is 13.1. The Morgan fingerprint density at radius 2 is 1.64 bits per heavy atom. The van der Waals surface area contributed by atoms with Gasteiger partial charge in [0.15, 0.2) is 0 Å². The first-order valence-corrected chi connectivity index (χ1v) is 11.3. The Bertz CT molecular complexity index is 1290. The third-order valence-corrected chi connectivity index (χ3v) is 5.22. The summed E-state index contributed by atoms with van der Waals surface area (Å²) in [6.45, 7) is 0. The zero-order valence-corrected chi connectivity index (χ0v) is 16.2. The zero-order chi connectivity index (χ0) is 20.5. The number of phenols is 1. The van der Waals surface area contributed by atoms with Crippen molar-refractivity contribution in [3.8, 4) is 5.75 Å². The van der Waals surface area contributed by atoms with Crippen molar-refractivity contribution in [1.82, 2.24) is 0 Å². The van der Waals surface area contributed by atoms with Crippen molar-refractivity contribution < 1.29 is 21.9 Å². The van der Waals surface area contributed by atoms with Crippen LogP contribution in [0.3, 0.4) is 0 Å². The quantitative estimate of drug-likeness (QED) is 0.542. The summed E-state index contributed by atoms with van der Waals surface area (Å²) in [7, 11) is -7.92. The molecular formula is C17H16N4O5S2. The molecule has 3 aromatic rings. The number of nitrogens with one attached hydrogen (secondary N) is 1. The van der Waals surface area contributed by atoms with Gasteiger partial charge in [-0.15, -0.1) is 5.11 Å². The van der Waals surface area contributed by atoms with Gasteiger partial charge >= 0.3 is 0 Å². The Labute approximate surface area is 161 Å². The maximum atomic E-state index is 11.9. The van der Waals surface area contributed by atoms with Gasteiger partial charge in [-0.3, -0.25) is 4.72 Å². The SMILES string of the molecule is CS(=O)(=O)Nc1cccc2c(O)c(S(N)(=O)=O)cc(N=Nc3ccccc3)c12. The monoisotopic (exact) mass is 420 g/mol. The minimum absolute atomic E-state index is 0.0208. The molecule has 0 aliphatic rings. The van der Waals surface area contributed by atoms with Crippen LogP contribution < -0.4 is 9.86 Å². The Hall–Kier alpha value is -3.02. The number of azo groups is 1. The number of primary sulfonamides is 1. The molecule has 146 valence electrons. The molecule has 0 bridgehead atoms. The minimum Gasteiger partial charge on any atom is -0.506 e. The highest BCUT2D eigenvalue weighted by Crippen LogP contribution is 2.42. The van der Waals surface area contributed by atoms with E-state index in [1.807, 2.05) is 0 Å². The lowest BCUT2D eigenvalue weighted by atomic mass is 10.1. The smallest absolute Gasteiger partial charge is 0.241 e. The number of rotatable bonds is 5. The predicted molar refractivity (Wildman–Crippen MR) is 106 cm³/mol. The number of anilines is 1. The van der Waals surface area contributed by atoms with E-state index in [1.54, 1.807) is 30.3 Å². The average Bonchev–Trinajstić information content (AvgIpc) is 2.60. The standard InChI is InChI=1S/C17H16N4O5S2/c1-27(23,24)21-13-9-5-8-12-16(13)14(10-15(17(12)22)28(18,25)26)20-19-11-6-3-2-4-7-11/h2-10,21-22H,1H3,(H2,18,25,26). The summed E-state index contributed by atoms with van der Waals surface area (Å²) in [6.07, 6.45) is 0.968. The zero-order valence-electron chi connectivity index (χ0n) is 14.6. The fraction of sp³-hybridized carbons (Fsp3) is 0.0588. The molecule has 9 nitrogen and oxygen atoms in total. The highest BCUT2D eigenvalue weighted by atomic mass is 32.2. The Morgan fingerprint density at radius 1 is 0.964 bits per heavy atom. The van der Waals surface area contributed by atoms with Crippen molar-refractivity contribution in [3.05, 3.63) is 54.6 Å². The lowest BCUT2D eigenvalue weighted by Crippen LogP contribution is -2.13. The lowest BCUT2D eigenvalue weighted by Gasteiger charge is -2.13. The maximum absolute atomic E-state index is 11.9. The molecule has 0 fully saturated rings. The van der Waals surface area contributed by atoms with Gasteiger partial charge in [-0.2, -0.15) is 5.11 Å². The van der Waals surface area contributed by atoms with Gasteiger partial charge in [0, 0.05) is 10.8 Å². The van der Waals surface area contributed by atoms with E-state index in [1.165, 1.54) is 18.2 Å². The summed E-state index contributed by atoms with van der Waals surface area (Å²) < 4.78 is 49.5. The van der Waals surface area contributed by atoms with Crippen molar-refractivity contribution in [2.24, 2.45) is 15.4 Å². The second kappa shape index (κ2) is 7.19. The molecule has 0 radical (unpaired) electrons. The number of fused-ring (bicyclic) bond motifs is 1. The van der Waals surface area contributed by atoms with Crippen molar-refractivity contribution in [2.45, 2.75) is 4.90 Å². The van der Waals surface area contributed by atoms with Gasteiger partial charge < -0.3 is 5.11 Å². The topological polar surface area (TPSA) is 151 Å². The fourth-order valence-electron chi connectivity index (χ4n) is 2.61. The minimum atomic E-state index is -4.27. The van der Waals surface area contributed by atoms with E-state index < -0.39 is 30.7 Å². The Kier molecular flexibility index (Phi) is 5.06. The first kappa shape index (κ1) is 19.7. The van der Waals surface area contributed by atoms with E-state index >= 15 is 0 Å². The molecule has 0 saturated carbocycles. The van der Waals surface area contributed by atoms with Gasteiger partial charge in [0.2, 0.25) is 20.0 Å². The normalized spacial score (nSPS) is 12.5. The van der Waals surface area contributed by atoms with Crippen LogP contribution in [0.25, 0.3) is 10.8 Å². The Balaban J connectivity index is 2.35. The van der Waals surface area contributed by atoms with Crippen LogP contribution in [0.5, 0.6) is 5.75 Å². The van der Waals surface area contributed by atoms with Crippen molar-refractivity contribution in [1.29, 1.82) is 0 Å². The molecule has 0 unspecified atom stereocenters. The molecular weight excluding hydrogens is 404 g/mol. The fourth-order valence-corrected chi connectivity index (χ4v) is 3.83. The first-order valence-electron chi connectivity index (χ1n) is 7.82. The summed E-state index contributed by atoms with van der Waals surface area (Å²) in [6, 6.07) is 14.0. The highest BCUT2D eigenvalue weighted by molar-refractivity contribution is 7.92. The summed E-state index contributed by atoms with van der Waals surface area (Å²) in [4.78, 5) is -0.543. The Morgan fingerprint density at radius 3 is 2.25 bits per heavy atom. The molecule has 0 heterocycles. The molecule has 0 aliphatic carbocycles. The van der Waals surface area contributed by atoms with Gasteiger partial charge in [0.1, 0.15) is 10.6 Å². The van der Waals surface area contributed by atoms with Crippen LogP contribution in [0.1, 0.15) is 0 Å². The van der Waals surface area contributed by atoms with Gasteiger partial charge in [-0.1, -0.05) is 30.3 Å². The number of hydrogen-bond donors (Lipinski definition) is 3. The van der Waals surface area contributed by atoms with E-state index in [0.717, 1.165) is 12.3 Å². The molecule has 28 heavy (non-hydrogen) atoms.